The van der Waals surface area contributed by atoms with Gasteiger partial charge >= 0.3 is 6.16 Å². The lowest BCUT2D eigenvalue weighted by atomic mass is 10.0. The lowest BCUT2D eigenvalue weighted by Gasteiger charge is -2.18. The molecule has 102 valence electrons. The van der Waals surface area contributed by atoms with Crippen LogP contribution in [0.3, 0.4) is 0 Å². The van der Waals surface area contributed by atoms with E-state index in [4.69, 9.17) is 9.47 Å². The van der Waals surface area contributed by atoms with Gasteiger partial charge in [0.2, 0.25) is 0 Å². The highest BCUT2D eigenvalue weighted by molar-refractivity contribution is 5.69. The standard InChI is InChI=1S/C16H20O3/c1-5-9-14(13-10-7-6-8-11-13)12-18-15(17)19-16(2,3)4/h5-8,10-12H,1,9H2,2-4H3. The zero-order valence-electron chi connectivity index (χ0n) is 11.7. The van der Waals surface area contributed by atoms with E-state index in [0.29, 0.717) is 6.42 Å². The number of hydrogen-bond acceptors (Lipinski definition) is 3. The van der Waals surface area contributed by atoms with E-state index in [0.717, 1.165) is 11.1 Å². The average Bonchev–Trinajstić information content (AvgIpc) is 2.33. The van der Waals surface area contributed by atoms with Gasteiger partial charge in [0, 0.05) is 0 Å². The van der Waals surface area contributed by atoms with Gasteiger partial charge in [0.05, 0.1) is 0 Å². The van der Waals surface area contributed by atoms with Crippen molar-refractivity contribution in [2.75, 3.05) is 0 Å². The molecule has 0 spiro atoms. The van der Waals surface area contributed by atoms with Gasteiger partial charge in [-0.2, -0.15) is 0 Å². The van der Waals surface area contributed by atoms with Crippen LogP contribution in [0, 0.1) is 0 Å². The first kappa shape index (κ1) is 15.0. The lowest BCUT2D eigenvalue weighted by Crippen LogP contribution is -2.23. The minimum absolute atomic E-state index is 0.559. The van der Waals surface area contributed by atoms with Crippen LogP contribution in [-0.4, -0.2) is 11.8 Å². The lowest BCUT2D eigenvalue weighted by molar-refractivity contribution is 0.0112. The van der Waals surface area contributed by atoms with Crippen LogP contribution < -0.4 is 0 Å². The van der Waals surface area contributed by atoms with E-state index in [1.165, 1.54) is 6.26 Å². The number of carbonyl (C=O) groups is 1. The van der Waals surface area contributed by atoms with E-state index in [9.17, 15) is 4.79 Å². The van der Waals surface area contributed by atoms with E-state index in [1.54, 1.807) is 26.8 Å². The molecule has 0 amide bonds. The number of rotatable bonds is 4. The van der Waals surface area contributed by atoms with Crippen molar-refractivity contribution in [3.8, 4) is 0 Å². The van der Waals surface area contributed by atoms with E-state index in [2.05, 4.69) is 6.58 Å². The van der Waals surface area contributed by atoms with E-state index < -0.39 is 11.8 Å². The molecule has 0 saturated carbocycles. The Balaban J connectivity index is 2.75. The molecule has 0 saturated heterocycles. The van der Waals surface area contributed by atoms with Crippen LogP contribution >= 0.6 is 0 Å². The van der Waals surface area contributed by atoms with Crippen LogP contribution in [0.2, 0.25) is 0 Å². The number of carbonyl (C=O) groups excluding carboxylic acids is 1. The van der Waals surface area contributed by atoms with E-state index in [-0.39, 0.29) is 0 Å². The molecule has 0 N–H and O–H groups in total. The minimum atomic E-state index is -0.704. The Bertz CT molecular complexity index is 453. The number of benzene rings is 1. The molecule has 19 heavy (non-hydrogen) atoms. The second-order valence-corrected chi connectivity index (χ2v) is 5.08. The number of allylic oxidation sites excluding steroid dienone is 2. The van der Waals surface area contributed by atoms with Gasteiger partial charge in [-0.1, -0.05) is 36.4 Å². The SMILES string of the molecule is C=CCC(=COC(=O)OC(C)(C)C)c1ccccc1. The Morgan fingerprint density at radius 3 is 2.42 bits per heavy atom. The van der Waals surface area contributed by atoms with Crippen molar-refractivity contribution in [2.24, 2.45) is 0 Å². The van der Waals surface area contributed by atoms with Crippen LogP contribution in [0.25, 0.3) is 5.57 Å². The van der Waals surface area contributed by atoms with Crippen molar-refractivity contribution in [1.29, 1.82) is 0 Å². The number of hydrogen-bond donors (Lipinski definition) is 0. The Hall–Kier alpha value is -2.03. The Morgan fingerprint density at radius 2 is 1.89 bits per heavy atom. The molecule has 0 radical (unpaired) electrons. The monoisotopic (exact) mass is 260 g/mol. The van der Waals surface area contributed by atoms with Crippen molar-refractivity contribution in [3.63, 3.8) is 0 Å². The second kappa shape index (κ2) is 6.78. The highest BCUT2D eigenvalue weighted by Gasteiger charge is 2.17. The summed E-state index contributed by atoms with van der Waals surface area (Å²) in [7, 11) is 0. The average molecular weight is 260 g/mol. The first-order chi connectivity index (χ1) is 8.92. The largest absolute Gasteiger partial charge is 0.513 e. The molecule has 0 aliphatic carbocycles. The van der Waals surface area contributed by atoms with E-state index >= 15 is 0 Å². The zero-order valence-corrected chi connectivity index (χ0v) is 11.7. The highest BCUT2D eigenvalue weighted by atomic mass is 16.7. The minimum Gasteiger partial charge on any atom is -0.428 e. The molecular formula is C16H20O3. The molecule has 1 aromatic carbocycles. The van der Waals surface area contributed by atoms with Crippen LogP contribution in [0.4, 0.5) is 4.79 Å². The van der Waals surface area contributed by atoms with E-state index in [1.807, 2.05) is 30.3 Å². The molecule has 0 aliphatic rings. The molecule has 0 fully saturated rings. The molecule has 0 atom stereocenters. The van der Waals surface area contributed by atoms with Gasteiger partial charge < -0.3 is 9.47 Å². The van der Waals surface area contributed by atoms with Gasteiger partial charge in [-0.25, -0.2) is 4.79 Å². The maximum Gasteiger partial charge on any atom is 0.513 e. The van der Waals surface area contributed by atoms with Gasteiger partial charge in [-0.15, -0.1) is 6.58 Å². The predicted molar refractivity (Wildman–Crippen MR) is 76.6 cm³/mol. The van der Waals surface area contributed by atoms with Gasteiger partial charge in [-0.05, 0) is 38.3 Å². The molecular weight excluding hydrogens is 240 g/mol. The summed E-state index contributed by atoms with van der Waals surface area (Å²) >= 11 is 0. The summed E-state index contributed by atoms with van der Waals surface area (Å²) in [6.07, 6.45) is 3.10. The highest BCUT2D eigenvalue weighted by Crippen LogP contribution is 2.19. The molecule has 0 bridgehead atoms. The fourth-order valence-corrected chi connectivity index (χ4v) is 1.44. The van der Waals surface area contributed by atoms with Crippen molar-refractivity contribution in [1.82, 2.24) is 0 Å². The molecule has 0 aliphatic heterocycles. The Morgan fingerprint density at radius 1 is 1.26 bits per heavy atom. The fourth-order valence-electron chi connectivity index (χ4n) is 1.44. The molecule has 1 aromatic rings. The smallest absolute Gasteiger partial charge is 0.428 e. The van der Waals surface area contributed by atoms with Crippen LogP contribution in [0.1, 0.15) is 32.8 Å². The third-order valence-corrected chi connectivity index (χ3v) is 2.20. The van der Waals surface area contributed by atoms with Gasteiger partial charge in [0.1, 0.15) is 11.9 Å². The second-order valence-electron chi connectivity index (χ2n) is 5.08. The maximum absolute atomic E-state index is 11.5. The molecule has 0 heterocycles. The summed E-state index contributed by atoms with van der Waals surface area (Å²) in [6, 6.07) is 9.70. The van der Waals surface area contributed by atoms with Gasteiger partial charge in [0.15, 0.2) is 0 Å². The third kappa shape index (κ3) is 5.91. The van der Waals surface area contributed by atoms with Crippen LogP contribution in [-0.2, 0) is 9.47 Å². The normalized spacial score (nSPS) is 11.8. The van der Waals surface area contributed by atoms with Crippen molar-refractivity contribution < 1.29 is 14.3 Å². The van der Waals surface area contributed by atoms with Crippen LogP contribution in [0.15, 0.2) is 49.2 Å². The first-order valence-electron chi connectivity index (χ1n) is 6.17. The fraction of sp³-hybridized carbons (Fsp3) is 0.312. The Labute approximate surface area is 114 Å². The van der Waals surface area contributed by atoms with Crippen LogP contribution in [0.5, 0.6) is 0 Å². The summed E-state index contributed by atoms with van der Waals surface area (Å²) in [5.41, 5.74) is 1.31. The number of ether oxygens (including phenoxy) is 2. The van der Waals surface area contributed by atoms with Crippen molar-refractivity contribution in [2.45, 2.75) is 32.8 Å². The summed E-state index contributed by atoms with van der Waals surface area (Å²) in [6.45, 7) is 9.07. The topological polar surface area (TPSA) is 35.5 Å². The predicted octanol–water partition coefficient (Wildman–Crippen LogP) is 4.56. The van der Waals surface area contributed by atoms with Gasteiger partial charge in [0.25, 0.3) is 0 Å². The Kier molecular flexibility index (Phi) is 5.37. The maximum atomic E-state index is 11.5. The summed E-state index contributed by atoms with van der Waals surface area (Å²) in [5, 5.41) is 0. The third-order valence-electron chi connectivity index (χ3n) is 2.20. The first-order valence-corrected chi connectivity index (χ1v) is 6.17. The van der Waals surface area contributed by atoms with Crippen molar-refractivity contribution in [3.05, 3.63) is 54.8 Å². The van der Waals surface area contributed by atoms with Crippen molar-refractivity contribution >= 4 is 11.7 Å². The zero-order chi connectivity index (χ0) is 14.3. The molecule has 1 rings (SSSR count). The summed E-state index contributed by atoms with van der Waals surface area (Å²) in [4.78, 5) is 11.5. The molecule has 3 heteroatoms. The molecule has 0 aromatic heterocycles. The van der Waals surface area contributed by atoms with Gasteiger partial charge in [-0.3, -0.25) is 0 Å². The molecule has 3 nitrogen and oxygen atoms in total. The molecule has 0 unspecified atom stereocenters. The summed E-state index contributed by atoms with van der Waals surface area (Å²) in [5.74, 6) is 0. The summed E-state index contributed by atoms with van der Waals surface area (Å²) < 4.78 is 10.1. The quantitative estimate of drug-likeness (QED) is 0.452.